The number of carbonyl (C=O) groups is 3. The highest BCUT2D eigenvalue weighted by Gasteiger charge is 2.81. The van der Waals surface area contributed by atoms with E-state index in [4.69, 9.17) is 4.74 Å². The molecule has 0 saturated carbocycles. The lowest BCUT2D eigenvalue weighted by Crippen LogP contribution is -2.62. The third-order valence-electron chi connectivity index (χ3n) is 8.88. The molecule has 4 aliphatic rings. The first-order valence-corrected chi connectivity index (χ1v) is 13.4. The molecule has 7 nitrogen and oxygen atoms in total. The Morgan fingerprint density at radius 2 is 1.66 bits per heavy atom. The minimum Gasteiger partial charge on any atom is -0.494 e. The normalized spacial score (nSPS) is 28.8. The number of nitrogens with zero attached hydrogens (tertiary/aromatic N) is 1. The molecule has 2 saturated heterocycles. The second-order valence-corrected chi connectivity index (χ2v) is 10.6. The summed E-state index contributed by atoms with van der Waals surface area (Å²) in [4.78, 5) is 45.6. The monoisotopic (exact) mass is 507 g/mol. The number of ketones is 1. The van der Waals surface area contributed by atoms with Gasteiger partial charge in [0, 0.05) is 28.5 Å². The number of amides is 2. The number of para-hydroxylation sites is 2. The molecule has 0 aromatic heterocycles. The Kier molecular flexibility index (Phi) is 5.04. The Bertz CT molecular complexity index is 1500. The van der Waals surface area contributed by atoms with Crippen LogP contribution in [0.1, 0.15) is 47.7 Å². The average Bonchev–Trinajstić information content (AvgIpc) is 3.66. The summed E-state index contributed by atoms with van der Waals surface area (Å²) in [6.45, 7) is 3.22. The summed E-state index contributed by atoms with van der Waals surface area (Å²) in [6, 6.07) is 22.1. The SMILES string of the molecule is CCCOc1cccc(C(=O)[C@H]2[C@H]3CCCN3[C@]3(C(=O)Nc4ccccc43)[C@]23C(=O)Nc2ccccc23)c1. The number of anilines is 2. The summed E-state index contributed by atoms with van der Waals surface area (Å²) >= 11 is 0. The molecule has 7 rings (SSSR count). The fourth-order valence-corrected chi connectivity index (χ4v) is 7.67. The van der Waals surface area contributed by atoms with Crippen LogP contribution < -0.4 is 15.4 Å². The van der Waals surface area contributed by atoms with E-state index in [0.29, 0.717) is 41.4 Å². The van der Waals surface area contributed by atoms with Gasteiger partial charge >= 0.3 is 0 Å². The number of ether oxygens (including phenoxy) is 1. The number of benzene rings is 3. The maximum atomic E-state index is 14.7. The van der Waals surface area contributed by atoms with Crippen LogP contribution in [-0.4, -0.2) is 41.7 Å². The van der Waals surface area contributed by atoms with Gasteiger partial charge in [-0.15, -0.1) is 0 Å². The van der Waals surface area contributed by atoms with Crippen molar-refractivity contribution in [3.63, 3.8) is 0 Å². The summed E-state index contributed by atoms with van der Waals surface area (Å²) in [6.07, 6.45) is 2.44. The molecule has 4 aliphatic heterocycles. The Labute approximate surface area is 221 Å². The largest absolute Gasteiger partial charge is 0.494 e. The Hall–Kier alpha value is -3.97. The smallest absolute Gasteiger partial charge is 0.251 e. The van der Waals surface area contributed by atoms with Gasteiger partial charge in [-0.1, -0.05) is 55.5 Å². The van der Waals surface area contributed by atoms with E-state index in [9.17, 15) is 14.4 Å². The molecule has 0 radical (unpaired) electrons. The average molecular weight is 508 g/mol. The first kappa shape index (κ1) is 23.2. The van der Waals surface area contributed by atoms with Gasteiger partial charge in [0.2, 0.25) is 5.91 Å². The van der Waals surface area contributed by atoms with Crippen molar-refractivity contribution in [3.8, 4) is 5.75 Å². The summed E-state index contributed by atoms with van der Waals surface area (Å²) < 4.78 is 5.84. The third-order valence-corrected chi connectivity index (χ3v) is 8.88. The molecule has 4 atom stereocenters. The zero-order valence-corrected chi connectivity index (χ0v) is 21.2. The van der Waals surface area contributed by atoms with Gasteiger partial charge in [0.25, 0.3) is 5.91 Å². The van der Waals surface area contributed by atoms with Crippen molar-refractivity contribution >= 4 is 29.0 Å². The third kappa shape index (κ3) is 2.69. The first-order valence-electron chi connectivity index (χ1n) is 13.4. The summed E-state index contributed by atoms with van der Waals surface area (Å²) in [5.74, 6) is -0.802. The molecular weight excluding hydrogens is 478 g/mol. The molecule has 4 heterocycles. The van der Waals surface area contributed by atoms with Crippen LogP contribution in [0, 0.1) is 5.92 Å². The Morgan fingerprint density at radius 3 is 2.45 bits per heavy atom. The molecule has 38 heavy (non-hydrogen) atoms. The topological polar surface area (TPSA) is 87.7 Å². The first-order chi connectivity index (χ1) is 18.5. The van der Waals surface area contributed by atoms with Gasteiger partial charge in [-0.3, -0.25) is 19.3 Å². The molecule has 0 unspecified atom stereocenters. The summed E-state index contributed by atoms with van der Waals surface area (Å²) in [5, 5.41) is 6.16. The minimum absolute atomic E-state index is 0.134. The molecule has 3 aromatic rings. The number of nitrogens with one attached hydrogen (secondary N) is 2. The van der Waals surface area contributed by atoms with Crippen LogP contribution in [0.2, 0.25) is 0 Å². The lowest BCUT2D eigenvalue weighted by Gasteiger charge is -2.43. The van der Waals surface area contributed by atoms with Crippen molar-refractivity contribution < 1.29 is 19.1 Å². The highest BCUT2D eigenvalue weighted by Crippen LogP contribution is 2.67. The van der Waals surface area contributed by atoms with Crippen LogP contribution in [0.3, 0.4) is 0 Å². The minimum atomic E-state index is -1.43. The Balaban J connectivity index is 1.51. The fraction of sp³-hybridized carbons (Fsp3) is 0.323. The van der Waals surface area contributed by atoms with E-state index < -0.39 is 16.9 Å². The lowest BCUT2D eigenvalue weighted by molar-refractivity contribution is -0.137. The maximum Gasteiger partial charge on any atom is 0.251 e. The zero-order chi connectivity index (χ0) is 26.1. The van der Waals surface area contributed by atoms with Crippen LogP contribution >= 0.6 is 0 Å². The van der Waals surface area contributed by atoms with E-state index in [-0.39, 0.29) is 23.6 Å². The van der Waals surface area contributed by atoms with Crippen LogP contribution in [0.4, 0.5) is 11.4 Å². The van der Waals surface area contributed by atoms with Crippen LogP contribution in [0.5, 0.6) is 5.75 Å². The van der Waals surface area contributed by atoms with E-state index >= 15 is 0 Å². The molecule has 2 fully saturated rings. The van der Waals surface area contributed by atoms with Crippen molar-refractivity contribution in [3.05, 3.63) is 89.5 Å². The van der Waals surface area contributed by atoms with Gasteiger partial charge in [0.1, 0.15) is 16.7 Å². The lowest BCUT2D eigenvalue weighted by atomic mass is 9.57. The maximum absolute atomic E-state index is 14.7. The second kappa shape index (κ2) is 8.27. The van der Waals surface area contributed by atoms with Gasteiger partial charge < -0.3 is 15.4 Å². The van der Waals surface area contributed by atoms with Gasteiger partial charge in [-0.05, 0) is 55.6 Å². The molecule has 2 amide bonds. The molecule has 7 heteroatoms. The second-order valence-electron chi connectivity index (χ2n) is 10.6. The van der Waals surface area contributed by atoms with Crippen LogP contribution in [0.15, 0.2) is 72.8 Å². The van der Waals surface area contributed by atoms with Gasteiger partial charge in [0.15, 0.2) is 5.78 Å². The predicted octanol–water partition coefficient (Wildman–Crippen LogP) is 4.49. The van der Waals surface area contributed by atoms with E-state index in [1.54, 1.807) is 12.1 Å². The molecule has 0 aliphatic carbocycles. The number of hydrogen-bond donors (Lipinski definition) is 2. The molecule has 3 aromatic carbocycles. The number of fused-ring (bicyclic) bond motifs is 7. The van der Waals surface area contributed by atoms with Gasteiger partial charge in [0.05, 0.1) is 12.5 Å². The highest BCUT2D eigenvalue weighted by molar-refractivity contribution is 6.21. The number of hydrogen-bond acceptors (Lipinski definition) is 5. The standard InChI is InChI=1S/C31H29N3O4/c1-2-17-38-20-10-7-9-19(18-20)27(35)26-25-15-8-16-34(25)31(22-12-4-6-14-24(22)33-29(31)37)30(26)21-11-3-5-13-23(21)32-28(30)36/h3-7,9-14,18,25-26H,2,8,15-17H2,1H3,(H,32,36)(H,33,37)/t25-,26-,30+,31-/m1/s1. The van der Waals surface area contributed by atoms with Crippen molar-refractivity contribution in [2.75, 3.05) is 23.8 Å². The number of Topliss-reactive ketones (excluding diaryl/α,β-unsaturated/α-hetero) is 1. The van der Waals surface area contributed by atoms with E-state index in [0.717, 1.165) is 24.8 Å². The predicted molar refractivity (Wildman–Crippen MR) is 143 cm³/mol. The highest BCUT2D eigenvalue weighted by atomic mass is 16.5. The summed E-state index contributed by atoms with van der Waals surface area (Å²) in [7, 11) is 0. The Morgan fingerprint density at radius 1 is 0.947 bits per heavy atom. The van der Waals surface area contributed by atoms with Crippen molar-refractivity contribution in [2.24, 2.45) is 5.92 Å². The van der Waals surface area contributed by atoms with Crippen LogP contribution in [-0.2, 0) is 20.5 Å². The van der Waals surface area contributed by atoms with Crippen molar-refractivity contribution in [1.82, 2.24) is 4.90 Å². The molecule has 2 spiro atoms. The molecule has 192 valence electrons. The van der Waals surface area contributed by atoms with E-state index in [1.807, 2.05) is 67.6 Å². The van der Waals surface area contributed by atoms with Crippen LogP contribution in [0.25, 0.3) is 0 Å². The van der Waals surface area contributed by atoms with Crippen molar-refractivity contribution in [1.29, 1.82) is 0 Å². The van der Waals surface area contributed by atoms with Crippen molar-refractivity contribution in [2.45, 2.75) is 43.2 Å². The molecule has 0 bridgehead atoms. The number of rotatable bonds is 5. The van der Waals surface area contributed by atoms with Gasteiger partial charge in [-0.2, -0.15) is 0 Å². The number of carbonyl (C=O) groups excluding carboxylic acids is 3. The van der Waals surface area contributed by atoms with Gasteiger partial charge in [-0.25, -0.2) is 0 Å². The fourth-order valence-electron chi connectivity index (χ4n) is 7.67. The van der Waals surface area contributed by atoms with E-state index in [1.165, 1.54) is 0 Å². The summed E-state index contributed by atoms with van der Waals surface area (Å²) in [5.41, 5.74) is 0.564. The zero-order valence-electron chi connectivity index (χ0n) is 21.2. The molecule has 2 N–H and O–H groups in total. The molecular formula is C31H29N3O4. The quantitative estimate of drug-likeness (QED) is 0.497. The van der Waals surface area contributed by atoms with E-state index in [2.05, 4.69) is 15.5 Å².